The minimum absolute atomic E-state index is 0.000128. The summed E-state index contributed by atoms with van der Waals surface area (Å²) in [5.41, 5.74) is 0. The summed E-state index contributed by atoms with van der Waals surface area (Å²) in [4.78, 5) is 26.0. The summed E-state index contributed by atoms with van der Waals surface area (Å²) in [7, 11) is -7.34. The first kappa shape index (κ1) is 21.2. The molecule has 0 bridgehead atoms. The molecule has 178 valence electrons. The van der Waals surface area contributed by atoms with Crippen molar-refractivity contribution >= 4 is 32.1 Å². The van der Waals surface area contributed by atoms with Crippen LogP contribution in [0.25, 0.3) is 0 Å². The minimum atomic E-state index is -3.67. The van der Waals surface area contributed by atoms with Gasteiger partial charge in [-0.05, 0) is 12.8 Å². The number of fused-ring (bicyclic) bond motifs is 6. The minimum Gasteiger partial charge on any atom is -0.273 e. The fraction of sp³-hybridized carbons (Fsp3) is 0.889. The highest BCUT2D eigenvalue weighted by Gasteiger charge is 2.71. The summed E-state index contributed by atoms with van der Waals surface area (Å²) in [5.74, 6) is 0.119. The molecule has 0 aromatic carbocycles. The van der Waals surface area contributed by atoms with E-state index in [0.29, 0.717) is 25.9 Å². The molecule has 6 fully saturated rings. The fourth-order valence-electron chi connectivity index (χ4n) is 7.38. The van der Waals surface area contributed by atoms with Gasteiger partial charge in [0.05, 0.1) is 37.4 Å². The lowest BCUT2D eigenvalue weighted by Crippen LogP contribution is -2.60. The van der Waals surface area contributed by atoms with Gasteiger partial charge < -0.3 is 0 Å². The van der Waals surface area contributed by atoms with Crippen molar-refractivity contribution in [3.63, 3.8) is 0 Å². The molecule has 2 aliphatic carbocycles. The first-order chi connectivity index (χ1) is 14.9. The Kier molecular flexibility index (Phi) is 4.40. The molecule has 2 amide bonds. The molecule has 12 nitrogen and oxygen atoms in total. The summed E-state index contributed by atoms with van der Waals surface area (Å²) in [6.45, 7) is 0.672. The second-order valence-corrected chi connectivity index (χ2v) is 13.1. The van der Waals surface area contributed by atoms with E-state index >= 15 is 0 Å². The van der Waals surface area contributed by atoms with E-state index in [1.807, 2.05) is 20.0 Å². The van der Waals surface area contributed by atoms with Crippen LogP contribution in [0.4, 0.5) is 0 Å². The van der Waals surface area contributed by atoms with Gasteiger partial charge in [0.15, 0.2) is 0 Å². The topological polar surface area (TPSA) is 134 Å². The number of carbonyl (C=O) groups excluding carboxylic acids is 2. The van der Waals surface area contributed by atoms with Crippen molar-refractivity contribution in [2.24, 2.45) is 11.8 Å². The molecule has 0 N–H and O–H groups in total. The van der Waals surface area contributed by atoms with Crippen LogP contribution >= 0.6 is 0 Å². The second kappa shape index (κ2) is 6.63. The molecule has 0 aromatic heterocycles. The zero-order chi connectivity index (χ0) is 22.7. The molecule has 2 saturated carbocycles. The number of carbonyl (C=O) groups is 2. The summed E-state index contributed by atoms with van der Waals surface area (Å²) in [5, 5.41) is 7.60. The molecule has 14 heteroatoms. The Labute approximate surface area is 186 Å². The van der Waals surface area contributed by atoms with Crippen molar-refractivity contribution in [3.8, 4) is 0 Å². The van der Waals surface area contributed by atoms with E-state index < -0.39 is 32.4 Å². The molecule has 32 heavy (non-hydrogen) atoms. The van der Waals surface area contributed by atoms with Gasteiger partial charge in [-0.1, -0.05) is 0 Å². The van der Waals surface area contributed by atoms with Crippen molar-refractivity contribution in [2.75, 3.05) is 25.6 Å². The third-order valence-corrected chi connectivity index (χ3v) is 9.10. The molecule has 0 radical (unpaired) electrons. The first-order valence-corrected chi connectivity index (χ1v) is 14.5. The van der Waals surface area contributed by atoms with Crippen molar-refractivity contribution < 1.29 is 34.8 Å². The highest BCUT2D eigenvalue weighted by molar-refractivity contribution is 7.86. The van der Waals surface area contributed by atoms with E-state index in [-0.39, 0.29) is 60.7 Å². The average molecular weight is 491 g/mol. The van der Waals surface area contributed by atoms with Crippen LogP contribution in [0.5, 0.6) is 0 Å². The van der Waals surface area contributed by atoms with E-state index in [1.54, 1.807) is 0 Å². The Hall–Kier alpha value is -1.32. The summed E-state index contributed by atoms with van der Waals surface area (Å²) in [6, 6.07) is 0.102. The standard InChI is InChI=1S/C18H26N4O8S2/c1-31(25,26)29-9-3-15(23)21-13-6-12-18-14(5-11(17(13)18)19(21)7-9)22-16(24)4-10(8-20(12)22)30-32(2,27)28/h9-14,17-18H,3-8H2,1-2H3/t9?,10?,11-,12-,13+,14+,17+,18+/m1/s1. The van der Waals surface area contributed by atoms with E-state index in [1.165, 1.54) is 0 Å². The predicted octanol–water partition coefficient (Wildman–Crippen LogP) is -1.88. The van der Waals surface area contributed by atoms with Gasteiger partial charge in [0.1, 0.15) is 12.2 Å². The number of hydrogen-bond donors (Lipinski definition) is 0. The van der Waals surface area contributed by atoms with Crippen molar-refractivity contribution in [2.45, 2.75) is 62.1 Å². The monoisotopic (exact) mass is 490 g/mol. The number of nitrogens with zero attached hydrogens (tertiary/aromatic N) is 4. The van der Waals surface area contributed by atoms with Crippen LogP contribution in [0.3, 0.4) is 0 Å². The summed E-state index contributed by atoms with van der Waals surface area (Å²) < 4.78 is 56.7. The SMILES string of the molecule is CS(=O)(=O)OC1CC(=O)N2[C@H]3C[C@@H]4[C@@H]5[C@H]3[C@@H](C[C@@H]5N3C(=O)CC(OS(C)(=O)=O)CN43)N2C1. The lowest BCUT2D eigenvalue weighted by molar-refractivity contribution is -0.174. The lowest BCUT2D eigenvalue weighted by atomic mass is 9.93. The summed E-state index contributed by atoms with van der Waals surface area (Å²) >= 11 is 0. The number of hydrogen-bond acceptors (Lipinski definition) is 10. The number of rotatable bonds is 4. The predicted molar refractivity (Wildman–Crippen MR) is 107 cm³/mol. The van der Waals surface area contributed by atoms with Gasteiger partial charge >= 0.3 is 0 Å². The smallest absolute Gasteiger partial charge is 0.264 e. The molecule has 8 atom stereocenters. The Bertz CT molecular complexity index is 1010. The molecule has 4 heterocycles. The Morgan fingerprint density at radius 2 is 1.06 bits per heavy atom. The van der Waals surface area contributed by atoms with Gasteiger partial charge in [-0.15, -0.1) is 0 Å². The largest absolute Gasteiger partial charge is 0.273 e. The van der Waals surface area contributed by atoms with Gasteiger partial charge in [0.25, 0.3) is 20.2 Å². The molecule has 0 spiro atoms. The van der Waals surface area contributed by atoms with Crippen LogP contribution in [0.1, 0.15) is 25.7 Å². The molecular formula is C18H26N4O8S2. The van der Waals surface area contributed by atoms with Crippen LogP contribution in [0.2, 0.25) is 0 Å². The highest BCUT2D eigenvalue weighted by Crippen LogP contribution is 2.60. The van der Waals surface area contributed by atoms with E-state index in [0.717, 1.165) is 12.5 Å². The van der Waals surface area contributed by atoms with Crippen molar-refractivity contribution in [3.05, 3.63) is 0 Å². The second-order valence-electron chi connectivity index (χ2n) is 9.87. The first-order valence-electron chi connectivity index (χ1n) is 10.8. The summed E-state index contributed by atoms with van der Waals surface area (Å²) in [6.07, 6.45) is 2.01. The van der Waals surface area contributed by atoms with Crippen LogP contribution < -0.4 is 0 Å². The van der Waals surface area contributed by atoms with E-state index in [9.17, 15) is 26.4 Å². The third kappa shape index (κ3) is 3.06. The quantitative estimate of drug-likeness (QED) is 0.412. The number of hydrazine groups is 2. The number of amides is 2. The Balaban J connectivity index is 1.26. The van der Waals surface area contributed by atoms with Crippen LogP contribution in [0.15, 0.2) is 0 Å². The van der Waals surface area contributed by atoms with Crippen LogP contribution in [0, 0.1) is 11.8 Å². The zero-order valence-corrected chi connectivity index (χ0v) is 19.4. The molecule has 0 aromatic rings. The van der Waals surface area contributed by atoms with Crippen LogP contribution in [-0.2, 0) is 38.2 Å². The van der Waals surface area contributed by atoms with Gasteiger partial charge in [-0.25, -0.2) is 10.0 Å². The van der Waals surface area contributed by atoms with Crippen LogP contribution in [-0.4, -0.2) is 111 Å². The van der Waals surface area contributed by atoms with Gasteiger partial charge in [-0.3, -0.25) is 28.0 Å². The third-order valence-electron chi connectivity index (χ3n) is 7.85. The lowest BCUT2D eigenvalue weighted by Gasteiger charge is -2.45. The molecule has 2 unspecified atom stereocenters. The normalized spacial score (nSPS) is 43.7. The maximum Gasteiger partial charge on any atom is 0.264 e. The Morgan fingerprint density at radius 3 is 1.41 bits per heavy atom. The van der Waals surface area contributed by atoms with Gasteiger partial charge in [0, 0.05) is 37.0 Å². The zero-order valence-electron chi connectivity index (χ0n) is 17.7. The molecule has 6 rings (SSSR count). The molecular weight excluding hydrogens is 464 g/mol. The Morgan fingerprint density at radius 1 is 0.688 bits per heavy atom. The van der Waals surface area contributed by atoms with Crippen molar-refractivity contribution in [1.82, 2.24) is 20.0 Å². The van der Waals surface area contributed by atoms with E-state index in [4.69, 9.17) is 8.37 Å². The molecule has 4 aliphatic heterocycles. The highest BCUT2D eigenvalue weighted by atomic mass is 32.2. The fourth-order valence-corrected chi connectivity index (χ4v) is 8.63. The maximum absolute atomic E-state index is 13.0. The molecule has 4 saturated heterocycles. The average Bonchev–Trinajstić information content (AvgIpc) is 3.30. The van der Waals surface area contributed by atoms with Crippen molar-refractivity contribution in [1.29, 1.82) is 0 Å². The van der Waals surface area contributed by atoms with E-state index in [2.05, 4.69) is 0 Å². The van der Waals surface area contributed by atoms with Gasteiger partial charge in [0.2, 0.25) is 11.8 Å². The maximum atomic E-state index is 13.0. The molecule has 6 aliphatic rings. The van der Waals surface area contributed by atoms with Gasteiger partial charge in [-0.2, -0.15) is 16.8 Å².